The van der Waals surface area contributed by atoms with Gasteiger partial charge < -0.3 is 20.1 Å². The van der Waals surface area contributed by atoms with E-state index in [0.717, 1.165) is 12.1 Å². The number of alkyl carbamates (subject to hydrolysis) is 1. The number of hydrogen-bond donors (Lipinski definition) is 2. The Bertz CT molecular complexity index is 1560. The molecule has 0 aliphatic rings. The van der Waals surface area contributed by atoms with Crippen LogP contribution in [-0.4, -0.2) is 35.2 Å². The number of para-hydroxylation sites is 1. The van der Waals surface area contributed by atoms with E-state index in [4.69, 9.17) is 9.47 Å². The van der Waals surface area contributed by atoms with Gasteiger partial charge in [0.25, 0.3) is 5.91 Å². The fourth-order valence-electron chi connectivity index (χ4n) is 4.27. The molecule has 43 heavy (non-hydrogen) atoms. The van der Waals surface area contributed by atoms with Crippen molar-refractivity contribution in [3.05, 3.63) is 107 Å². The highest BCUT2D eigenvalue weighted by molar-refractivity contribution is 6.07. The van der Waals surface area contributed by atoms with Crippen molar-refractivity contribution in [3.63, 3.8) is 0 Å². The highest BCUT2D eigenvalue weighted by Crippen LogP contribution is 2.29. The molecule has 226 valence electrons. The number of nitrogens with one attached hydrogen (secondary N) is 2. The van der Waals surface area contributed by atoms with Gasteiger partial charge in [0.05, 0.1) is 16.7 Å². The summed E-state index contributed by atoms with van der Waals surface area (Å²) in [5.74, 6) is -2.05. The van der Waals surface area contributed by atoms with Crippen molar-refractivity contribution >= 4 is 22.9 Å². The fraction of sp³-hybridized carbons (Fsp3) is 0.258. The van der Waals surface area contributed by atoms with Crippen molar-refractivity contribution in [2.75, 3.05) is 6.54 Å². The van der Waals surface area contributed by atoms with Crippen LogP contribution in [0.2, 0.25) is 0 Å². The second kappa shape index (κ2) is 13.5. The molecule has 0 saturated carbocycles. The molecule has 2 N–H and O–H groups in total. The number of carbonyl (C=O) groups is 2. The molecule has 0 radical (unpaired) electrons. The van der Waals surface area contributed by atoms with Gasteiger partial charge in [-0.3, -0.25) is 9.78 Å². The number of hydrogen-bond acceptors (Lipinski definition) is 5. The Morgan fingerprint density at radius 1 is 0.860 bits per heavy atom. The van der Waals surface area contributed by atoms with Gasteiger partial charge in [0.15, 0.2) is 0 Å². The third kappa shape index (κ3) is 8.63. The van der Waals surface area contributed by atoms with E-state index in [1.54, 1.807) is 42.5 Å². The highest BCUT2D eigenvalue weighted by atomic mass is 19.4. The van der Waals surface area contributed by atoms with Crippen LogP contribution in [0.4, 0.5) is 26.7 Å². The lowest BCUT2D eigenvalue weighted by Gasteiger charge is -2.31. The molecule has 0 aliphatic heterocycles. The Morgan fingerprint density at radius 2 is 1.56 bits per heavy atom. The molecule has 4 rings (SSSR count). The van der Waals surface area contributed by atoms with Crippen molar-refractivity contribution < 1.29 is 41.0 Å². The van der Waals surface area contributed by atoms with Crippen LogP contribution in [0.5, 0.6) is 5.75 Å². The van der Waals surface area contributed by atoms with Crippen molar-refractivity contribution in [1.29, 1.82) is 0 Å². The average molecular weight is 602 g/mol. The Morgan fingerprint density at radius 3 is 2.26 bits per heavy atom. The number of halogens is 5. The summed E-state index contributed by atoms with van der Waals surface area (Å²) in [7, 11) is 0. The smallest absolute Gasteiger partial charge is 0.407 e. The molecular weight excluding hydrogens is 573 g/mol. The predicted octanol–water partition coefficient (Wildman–Crippen LogP) is 6.85. The lowest BCUT2D eigenvalue weighted by Crippen LogP contribution is -2.54. The van der Waals surface area contributed by atoms with Crippen LogP contribution in [0, 0.1) is 11.6 Å². The molecule has 0 fully saturated rings. The molecule has 0 aliphatic carbocycles. The zero-order valence-corrected chi connectivity index (χ0v) is 23.0. The van der Waals surface area contributed by atoms with Gasteiger partial charge in [0.1, 0.15) is 36.1 Å². The van der Waals surface area contributed by atoms with Crippen LogP contribution in [0.25, 0.3) is 10.9 Å². The summed E-state index contributed by atoms with van der Waals surface area (Å²) >= 11 is 0. The zero-order chi connectivity index (χ0) is 31.0. The van der Waals surface area contributed by atoms with Gasteiger partial charge in [-0.05, 0) is 43.2 Å². The first-order chi connectivity index (χ1) is 20.4. The first-order valence-electron chi connectivity index (χ1n) is 13.2. The first-order valence-corrected chi connectivity index (χ1v) is 13.2. The van der Waals surface area contributed by atoms with Gasteiger partial charge in [-0.2, -0.15) is 13.2 Å². The van der Waals surface area contributed by atoms with E-state index in [0.29, 0.717) is 10.9 Å². The number of nitrogens with zero attached hydrogens (tertiary/aromatic N) is 1. The molecule has 1 unspecified atom stereocenters. The summed E-state index contributed by atoms with van der Waals surface area (Å²) in [6.07, 6.45) is -5.84. The van der Waals surface area contributed by atoms with Crippen LogP contribution in [0.3, 0.4) is 0 Å². The van der Waals surface area contributed by atoms with Crippen LogP contribution in [0.1, 0.15) is 41.3 Å². The van der Waals surface area contributed by atoms with E-state index in [9.17, 15) is 31.5 Å². The number of carbonyl (C=O) groups excluding carboxylic acids is 2. The van der Waals surface area contributed by atoms with Crippen LogP contribution in [0.15, 0.2) is 79.0 Å². The third-order valence-electron chi connectivity index (χ3n) is 6.63. The summed E-state index contributed by atoms with van der Waals surface area (Å²) in [5.41, 5.74) is -0.747. The van der Waals surface area contributed by atoms with Crippen molar-refractivity contribution in [1.82, 2.24) is 15.6 Å². The van der Waals surface area contributed by atoms with E-state index in [1.807, 2.05) is 0 Å². The monoisotopic (exact) mass is 601 g/mol. The second-order valence-electron chi connectivity index (χ2n) is 10.0. The maximum Gasteiger partial charge on any atom is 0.407 e. The van der Waals surface area contributed by atoms with Gasteiger partial charge in [-0.15, -0.1) is 0 Å². The molecule has 1 heterocycles. The Labute approximate surface area is 244 Å². The molecule has 1 aromatic heterocycles. The third-order valence-corrected chi connectivity index (χ3v) is 6.63. The number of amides is 2. The highest BCUT2D eigenvalue weighted by Gasteiger charge is 2.35. The molecule has 7 nitrogen and oxygen atoms in total. The summed E-state index contributed by atoms with van der Waals surface area (Å²) < 4.78 is 78.2. The second-order valence-corrected chi connectivity index (χ2v) is 10.0. The molecule has 0 bridgehead atoms. The van der Waals surface area contributed by atoms with Gasteiger partial charge in [-0.25, -0.2) is 13.6 Å². The summed E-state index contributed by atoms with van der Waals surface area (Å²) in [4.78, 5) is 30.0. The molecule has 4 aromatic rings. The van der Waals surface area contributed by atoms with Crippen molar-refractivity contribution in [3.8, 4) is 5.75 Å². The molecule has 3 aromatic carbocycles. The van der Waals surface area contributed by atoms with Crippen molar-refractivity contribution in [2.24, 2.45) is 0 Å². The predicted molar refractivity (Wildman–Crippen MR) is 148 cm³/mol. The van der Waals surface area contributed by atoms with E-state index >= 15 is 0 Å². The maximum absolute atomic E-state index is 14.1. The number of aromatic nitrogens is 1. The lowest BCUT2D eigenvalue weighted by atomic mass is 9.95. The van der Waals surface area contributed by atoms with Gasteiger partial charge in [-0.1, -0.05) is 48.5 Å². The average Bonchev–Trinajstić information content (AvgIpc) is 2.97. The van der Waals surface area contributed by atoms with E-state index in [-0.39, 0.29) is 35.5 Å². The van der Waals surface area contributed by atoms with Gasteiger partial charge >= 0.3 is 12.3 Å². The maximum atomic E-state index is 14.1. The van der Waals surface area contributed by atoms with Crippen LogP contribution < -0.4 is 15.4 Å². The summed E-state index contributed by atoms with van der Waals surface area (Å²) in [5, 5.41) is 5.39. The molecule has 12 heteroatoms. The number of ether oxygens (including phenoxy) is 2. The lowest BCUT2D eigenvalue weighted by molar-refractivity contribution is -0.138. The van der Waals surface area contributed by atoms with E-state index in [2.05, 4.69) is 15.6 Å². The normalized spacial score (nSPS) is 12.8. The molecule has 2 amide bonds. The summed E-state index contributed by atoms with van der Waals surface area (Å²) in [6.45, 7) is 0.501. The minimum absolute atomic E-state index is 0.0919. The standard InChI is InChI=1S/C31H28F5N3O4/c1-30(14-15-31(34,35)36,39-29(41)43-17-20-7-3-2-4-8-20)19-38-28(40)22-13-16-37-27-21(22)9-5-12-26(27)42-18-23-24(32)10-6-11-25(23)33/h2-13,16H,14-15,17-19H2,1H3,(H,38,40)(H,39,41). The van der Waals surface area contributed by atoms with Gasteiger partial charge in [0, 0.05) is 24.5 Å². The zero-order valence-electron chi connectivity index (χ0n) is 23.0. The number of alkyl halides is 3. The number of pyridine rings is 1. The molecular formula is C31H28F5N3O4. The Hall–Kier alpha value is -4.74. The first kappa shape index (κ1) is 31.2. The van der Waals surface area contributed by atoms with E-state index in [1.165, 1.54) is 31.3 Å². The topological polar surface area (TPSA) is 89.5 Å². The SMILES string of the molecule is CC(CCC(F)(F)F)(CNC(=O)c1ccnc2c(OCc3c(F)cccc3F)cccc12)NC(=O)OCc1ccccc1. The van der Waals surface area contributed by atoms with Crippen LogP contribution >= 0.6 is 0 Å². The number of fused-ring (bicyclic) bond motifs is 1. The minimum atomic E-state index is -4.50. The Balaban J connectivity index is 1.48. The quantitative estimate of drug-likeness (QED) is 0.184. The van der Waals surface area contributed by atoms with Crippen molar-refractivity contribution in [2.45, 2.75) is 44.7 Å². The number of rotatable bonds is 11. The summed E-state index contributed by atoms with van der Waals surface area (Å²) in [6, 6.07) is 18.2. The van der Waals surface area contributed by atoms with Crippen LogP contribution in [-0.2, 0) is 18.0 Å². The molecule has 1 atom stereocenters. The van der Waals surface area contributed by atoms with E-state index < -0.39 is 54.8 Å². The molecule has 0 saturated heterocycles. The minimum Gasteiger partial charge on any atom is -0.486 e. The fourth-order valence-corrected chi connectivity index (χ4v) is 4.27. The number of benzene rings is 3. The molecule has 0 spiro atoms. The Kier molecular flexibility index (Phi) is 9.79. The van der Waals surface area contributed by atoms with Gasteiger partial charge in [0.2, 0.25) is 0 Å². The largest absolute Gasteiger partial charge is 0.486 e.